The molecule has 0 saturated heterocycles. The zero-order chi connectivity index (χ0) is 12.4. The van der Waals surface area contributed by atoms with Crippen molar-refractivity contribution in [3.63, 3.8) is 0 Å². The van der Waals surface area contributed by atoms with E-state index >= 15 is 0 Å². The molecule has 0 unspecified atom stereocenters. The third kappa shape index (κ3) is 4.95. The molecule has 0 heterocycles. The molecule has 0 aliphatic heterocycles. The fourth-order valence-electron chi connectivity index (χ4n) is 2.17. The van der Waals surface area contributed by atoms with Crippen LogP contribution in [0, 0.1) is 10.1 Å². The van der Waals surface area contributed by atoms with E-state index in [1.165, 1.54) is 0 Å². The van der Waals surface area contributed by atoms with Gasteiger partial charge in [-0.25, -0.2) is 0 Å². The first-order valence-electron chi connectivity index (χ1n) is 6.77. The summed E-state index contributed by atoms with van der Waals surface area (Å²) in [6, 6.07) is 0. The van der Waals surface area contributed by atoms with Crippen LogP contribution in [0.1, 0.15) is 78.6 Å². The highest BCUT2D eigenvalue weighted by atomic mass is 16.6. The minimum Gasteiger partial charge on any atom is -0.264 e. The van der Waals surface area contributed by atoms with Crippen LogP contribution >= 0.6 is 0 Å². The molecule has 0 spiro atoms. The van der Waals surface area contributed by atoms with E-state index in [1.807, 2.05) is 0 Å². The normalized spacial score (nSPS) is 11.7. The largest absolute Gasteiger partial charge is 0.264 e. The summed E-state index contributed by atoms with van der Waals surface area (Å²) in [5, 5.41) is 11.3. The second-order valence-electron chi connectivity index (χ2n) is 4.79. The zero-order valence-electron chi connectivity index (χ0n) is 11.1. The minimum atomic E-state index is -0.623. The highest BCUT2D eigenvalue weighted by Gasteiger charge is 2.40. The Kier molecular flexibility index (Phi) is 8.22. The maximum absolute atomic E-state index is 11.3. The zero-order valence-corrected chi connectivity index (χ0v) is 11.1. The lowest BCUT2D eigenvalue weighted by molar-refractivity contribution is -0.574. The van der Waals surface area contributed by atoms with E-state index in [2.05, 4.69) is 20.8 Å². The average molecular weight is 229 g/mol. The third-order valence-electron chi connectivity index (χ3n) is 3.37. The minimum absolute atomic E-state index is 0.00792. The summed E-state index contributed by atoms with van der Waals surface area (Å²) in [5.41, 5.74) is -0.623. The fourth-order valence-corrected chi connectivity index (χ4v) is 2.17. The van der Waals surface area contributed by atoms with Gasteiger partial charge in [0, 0.05) is 24.2 Å². The van der Waals surface area contributed by atoms with Gasteiger partial charge < -0.3 is 0 Å². The van der Waals surface area contributed by atoms with Crippen LogP contribution in [0.3, 0.4) is 0 Å². The number of nitro groups is 1. The van der Waals surface area contributed by atoms with Gasteiger partial charge in [-0.1, -0.05) is 40.0 Å². The number of hydrogen-bond donors (Lipinski definition) is 0. The maximum Gasteiger partial charge on any atom is 0.222 e. The smallest absolute Gasteiger partial charge is 0.222 e. The van der Waals surface area contributed by atoms with E-state index in [4.69, 9.17) is 0 Å². The van der Waals surface area contributed by atoms with Crippen molar-refractivity contribution in [2.24, 2.45) is 0 Å². The summed E-state index contributed by atoms with van der Waals surface area (Å²) in [7, 11) is 0. The molecule has 0 atom stereocenters. The lowest BCUT2D eigenvalue weighted by Crippen LogP contribution is -2.38. The van der Waals surface area contributed by atoms with Crippen LogP contribution in [0.2, 0.25) is 0 Å². The van der Waals surface area contributed by atoms with E-state index in [-0.39, 0.29) is 4.92 Å². The predicted octanol–water partition coefficient (Wildman–Crippen LogP) is 4.57. The lowest BCUT2D eigenvalue weighted by atomic mass is 9.83. The molecule has 0 amide bonds. The van der Waals surface area contributed by atoms with Crippen molar-refractivity contribution < 1.29 is 4.92 Å². The molecule has 16 heavy (non-hydrogen) atoms. The van der Waals surface area contributed by atoms with Gasteiger partial charge >= 0.3 is 0 Å². The van der Waals surface area contributed by atoms with Gasteiger partial charge in [0.15, 0.2) is 0 Å². The van der Waals surface area contributed by atoms with E-state index in [0.717, 1.165) is 57.8 Å². The quantitative estimate of drug-likeness (QED) is 0.406. The summed E-state index contributed by atoms with van der Waals surface area (Å²) in [5.74, 6) is 0. The van der Waals surface area contributed by atoms with E-state index in [0.29, 0.717) is 0 Å². The third-order valence-corrected chi connectivity index (χ3v) is 3.37. The number of nitrogens with zero attached hydrogens (tertiary/aromatic N) is 1. The first-order chi connectivity index (χ1) is 7.63. The summed E-state index contributed by atoms with van der Waals surface area (Å²) < 4.78 is 0. The molecule has 0 aliphatic carbocycles. The van der Waals surface area contributed by atoms with Gasteiger partial charge in [0.05, 0.1) is 0 Å². The fraction of sp³-hybridized carbons (Fsp3) is 1.00. The summed E-state index contributed by atoms with van der Waals surface area (Å²) in [6.45, 7) is 6.30. The van der Waals surface area contributed by atoms with Gasteiger partial charge in [0.2, 0.25) is 5.54 Å². The van der Waals surface area contributed by atoms with Crippen molar-refractivity contribution >= 4 is 0 Å². The number of rotatable bonds is 10. The molecule has 0 N–H and O–H groups in total. The van der Waals surface area contributed by atoms with Crippen LogP contribution in [0.15, 0.2) is 0 Å². The monoisotopic (exact) mass is 229 g/mol. The van der Waals surface area contributed by atoms with Gasteiger partial charge in [0.1, 0.15) is 0 Å². The second kappa shape index (κ2) is 8.54. The molecule has 3 heteroatoms. The molecule has 0 fully saturated rings. The Bertz CT molecular complexity index is 171. The number of unbranched alkanes of at least 4 members (excludes halogenated alkanes) is 3. The first-order valence-corrected chi connectivity index (χ1v) is 6.77. The lowest BCUT2D eigenvalue weighted by Gasteiger charge is -2.25. The molecule has 0 aliphatic rings. The van der Waals surface area contributed by atoms with Crippen molar-refractivity contribution in [2.45, 2.75) is 84.1 Å². The average Bonchev–Trinajstić information content (AvgIpc) is 2.28. The molecule has 0 radical (unpaired) electrons. The SMILES string of the molecule is CCCCC(CCCC)(CCCC)[N+](=O)[O-]. The highest BCUT2D eigenvalue weighted by Crippen LogP contribution is 2.30. The molecular formula is C13H27NO2. The van der Waals surface area contributed by atoms with Crippen LogP contribution in [0.5, 0.6) is 0 Å². The van der Waals surface area contributed by atoms with Crippen LogP contribution in [0.25, 0.3) is 0 Å². The van der Waals surface area contributed by atoms with Crippen molar-refractivity contribution in [3.8, 4) is 0 Å². The van der Waals surface area contributed by atoms with E-state index in [9.17, 15) is 10.1 Å². The summed E-state index contributed by atoms with van der Waals surface area (Å²) in [6.07, 6.45) is 8.37. The Labute approximate surface area is 99.8 Å². The van der Waals surface area contributed by atoms with Crippen LogP contribution in [-0.2, 0) is 0 Å². The second-order valence-corrected chi connectivity index (χ2v) is 4.79. The van der Waals surface area contributed by atoms with Gasteiger partial charge in [-0.15, -0.1) is 0 Å². The molecule has 0 aromatic carbocycles. The van der Waals surface area contributed by atoms with Gasteiger partial charge in [-0.3, -0.25) is 10.1 Å². The topological polar surface area (TPSA) is 43.1 Å². The van der Waals surface area contributed by atoms with Crippen LogP contribution in [0.4, 0.5) is 0 Å². The van der Waals surface area contributed by atoms with Gasteiger partial charge in [0.25, 0.3) is 0 Å². The molecule has 0 aromatic heterocycles. The molecule has 96 valence electrons. The van der Waals surface area contributed by atoms with Gasteiger partial charge in [-0.2, -0.15) is 0 Å². The molecule has 0 rings (SSSR count). The van der Waals surface area contributed by atoms with Crippen molar-refractivity contribution in [3.05, 3.63) is 10.1 Å². The Morgan fingerprint density at radius 1 is 0.875 bits per heavy atom. The molecular weight excluding hydrogens is 202 g/mol. The summed E-state index contributed by atoms with van der Waals surface area (Å²) >= 11 is 0. The first kappa shape index (κ1) is 15.4. The molecule has 0 saturated carbocycles. The summed E-state index contributed by atoms with van der Waals surface area (Å²) in [4.78, 5) is 11.4. The number of hydrogen-bond acceptors (Lipinski definition) is 2. The molecule has 0 aromatic rings. The molecule has 0 bridgehead atoms. The highest BCUT2D eigenvalue weighted by molar-refractivity contribution is 4.79. The van der Waals surface area contributed by atoms with Crippen LogP contribution in [-0.4, -0.2) is 10.5 Å². The van der Waals surface area contributed by atoms with Crippen molar-refractivity contribution in [1.82, 2.24) is 0 Å². The standard InChI is InChI=1S/C13H27NO2/c1-4-7-10-13(14(15)16,11-8-5-2)12-9-6-3/h4-12H2,1-3H3. The van der Waals surface area contributed by atoms with E-state index in [1.54, 1.807) is 0 Å². The predicted molar refractivity (Wildman–Crippen MR) is 68.3 cm³/mol. The van der Waals surface area contributed by atoms with E-state index < -0.39 is 5.54 Å². The van der Waals surface area contributed by atoms with Crippen LogP contribution < -0.4 is 0 Å². The maximum atomic E-state index is 11.3. The van der Waals surface area contributed by atoms with Gasteiger partial charge in [-0.05, 0) is 19.3 Å². The molecule has 3 nitrogen and oxygen atoms in total. The van der Waals surface area contributed by atoms with Crippen molar-refractivity contribution in [2.75, 3.05) is 0 Å². The van der Waals surface area contributed by atoms with Crippen molar-refractivity contribution in [1.29, 1.82) is 0 Å². The Balaban J connectivity index is 4.52. The Hall–Kier alpha value is -0.600. The Morgan fingerprint density at radius 3 is 1.38 bits per heavy atom. The Morgan fingerprint density at radius 2 is 1.19 bits per heavy atom.